The number of nitrogens with two attached hydrogens (primary N) is 1. The lowest BCUT2D eigenvalue weighted by molar-refractivity contribution is 0.633. The van der Waals surface area contributed by atoms with Crippen molar-refractivity contribution in [2.45, 2.75) is 0 Å². The molecule has 17 heavy (non-hydrogen) atoms. The zero-order valence-corrected chi connectivity index (χ0v) is 11.8. The third kappa shape index (κ3) is 2.79. The molecule has 0 radical (unpaired) electrons. The number of rotatable bonds is 2. The van der Waals surface area contributed by atoms with Gasteiger partial charge in [-0.1, -0.05) is 22.0 Å². The third-order valence-corrected chi connectivity index (χ3v) is 3.40. The molecule has 2 nitrogen and oxygen atoms in total. The van der Waals surface area contributed by atoms with E-state index in [4.69, 9.17) is 5.73 Å². The maximum Gasteiger partial charge on any atom is 0.148 e. The van der Waals surface area contributed by atoms with Crippen molar-refractivity contribution in [1.29, 1.82) is 0 Å². The van der Waals surface area contributed by atoms with Crippen LogP contribution in [-0.4, -0.2) is 0 Å². The number of hydrogen-bond donors (Lipinski definition) is 2. The molecule has 2 aromatic rings. The first-order valence-electron chi connectivity index (χ1n) is 4.84. The quantitative estimate of drug-likeness (QED) is 0.764. The molecule has 0 atom stereocenters. The van der Waals surface area contributed by atoms with Crippen molar-refractivity contribution in [1.82, 2.24) is 0 Å². The van der Waals surface area contributed by atoms with Gasteiger partial charge in [-0.2, -0.15) is 0 Å². The van der Waals surface area contributed by atoms with Crippen LogP contribution < -0.4 is 11.1 Å². The summed E-state index contributed by atoms with van der Waals surface area (Å²) in [4.78, 5) is 0. The van der Waals surface area contributed by atoms with Crippen LogP contribution in [-0.2, 0) is 0 Å². The van der Waals surface area contributed by atoms with Gasteiger partial charge >= 0.3 is 0 Å². The highest BCUT2D eigenvalue weighted by molar-refractivity contribution is 9.11. The number of hydrogen-bond acceptors (Lipinski definition) is 2. The summed E-state index contributed by atoms with van der Waals surface area (Å²) in [7, 11) is 0. The molecule has 3 N–H and O–H groups in total. The number of para-hydroxylation sites is 1. The minimum atomic E-state index is -0.428. The lowest BCUT2D eigenvalue weighted by Gasteiger charge is -2.11. The van der Waals surface area contributed by atoms with Gasteiger partial charge in [0.1, 0.15) is 5.82 Å². The second-order valence-corrected chi connectivity index (χ2v) is 5.22. The number of nitrogens with one attached hydrogen (secondary N) is 1. The van der Waals surface area contributed by atoms with Crippen LogP contribution in [0.2, 0.25) is 0 Å². The summed E-state index contributed by atoms with van der Waals surface area (Å²) in [6.07, 6.45) is 0. The first kappa shape index (κ1) is 12.4. The lowest BCUT2D eigenvalue weighted by atomic mass is 10.2. The van der Waals surface area contributed by atoms with E-state index in [-0.39, 0.29) is 5.69 Å². The first-order valence-corrected chi connectivity index (χ1v) is 6.42. The fourth-order valence-electron chi connectivity index (χ4n) is 1.38. The normalized spacial score (nSPS) is 10.3. The van der Waals surface area contributed by atoms with Crippen molar-refractivity contribution >= 4 is 48.9 Å². The fourth-order valence-corrected chi connectivity index (χ4v) is 2.53. The summed E-state index contributed by atoms with van der Waals surface area (Å²) >= 11 is 6.79. The van der Waals surface area contributed by atoms with Crippen LogP contribution in [0.15, 0.2) is 45.3 Å². The topological polar surface area (TPSA) is 38.0 Å². The molecule has 0 heterocycles. The molecule has 0 saturated carbocycles. The van der Waals surface area contributed by atoms with E-state index < -0.39 is 5.82 Å². The van der Waals surface area contributed by atoms with E-state index in [1.165, 1.54) is 6.07 Å². The average Bonchev–Trinajstić information content (AvgIpc) is 2.28. The second-order valence-electron chi connectivity index (χ2n) is 3.45. The average molecular weight is 360 g/mol. The summed E-state index contributed by atoms with van der Waals surface area (Å²) < 4.78 is 15.1. The Morgan fingerprint density at radius 3 is 2.53 bits per heavy atom. The predicted molar refractivity (Wildman–Crippen MR) is 75.9 cm³/mol. The molecule has 0 aliphatic heterocycles. The number of anilines is 3. The largest absolute Gasteiger partial charge is 0.395 e. The molecule has 2 aromatic carbocycles. The summed E-state index contributed by atoms with van der Waals surface area (Å²) in [5.41, 5.74) is 7.14. The zero-order valence-electron chi connectivity index (χ0n) is 8.68. The van der Waals surface area contributed by atoms with E-state index >= 15 is 0 Å². The number of benzene rings is 2. The van der Waals surface area contributed by atoms with E-state index in [1.54, 1.807) is 12.1 Å². The lowest BCUT2D eigenvalue weighted by Crippen LogP contribution is -1.99. The van der Waals surface area contributed by atoms with Crippen LogP contribution in [0.4, 0.5) is 21.5 Å². The summed E-state index contributed by atoms with van der Waals surface area (Å²) in [5.74, 6) is -0.428. The van der Waals surface area contributed by atoms with Crippen LogP contribution >= 0.6 is 31.9 Å². The third-order valence-electron chi connectivity index (χ3n) is 2.25. The van der Waals surface area contributed by atoms with Crippen LogP contribution in [0, 0.1) is 5.82 Å². The molecule has 0 unspecified atom stereocenters. The molecule has 0 saturated heterocycles. The van der Waals surface area contributed by atoms with Crippen molar-refractivity contribution in [3.63, 3.8) is 0 Å². The highest BCUT2D eigenvalue weighted by Gasteiger charge is 2.06. The first-order chi connectivity index (χ1) is 8.08. The van der Waals surface area contributed by atoms with Gasteiger partial charge in [0.25, 0.3) is 0 Å². The maximum atomic E-state index is 13.3. The molecular weight excluding hydrogens is 351 g/mol. The molecule has 0 amide bonds. The number of nitrogen functional groups attached to an aromatic ring is 1. The Morgan fingerprint density at radius 2 is 1.82 bits per heavy atom. The second kappa shape index (κ2) is 5.06. The van der Waals surface area contributed by atoms with Gasteiger partial charge in [0, 0.05) is 8.95 Å². The van der Waals surface area contributed by atoms with Gasteiger partial charge in [-0.15, -0.1) is 0 Å². The molecular formula is C12H9Br2FN2. The standard InChI is InChI=1S/C12H9Br2FN2/c13-7-4-5-10(8(14)6-7)17-11-3-1-2-9(15)12(11)16/h1-6,17H,16H2. The molecule has 0 fully saturated rings. The predicted octanol–water partition coefficient (Wildman–Crippen LogP) is 4.68. The van der Waals surface area contributed by atoms with E-state index in [9.17, 15) is 4.39 Å². The number of halogens is 3. The van der Waals surface area contributed by atoms with E-state index in [0.717, 1.165) is 14.6 Å². The Hall–Kier alpha value is -1.07. The monoisotopic (exact) mass is 358 g/mol. The van der Waals surface area contributed by atoms with Gasteiger partial charge in [0.05, 0.1) is 17.1 Å². The van der Waals surface area contributed by atoms with Crippen molar-refractivity contribution in [2.75, 3.05) is 11.1 Å². The van der Waals surface area contributed by atoms with E-state index in [0.29, 0.717) is 5.69 Å². The molecule has 0 aromatic heterocycles. The van der Waals surface area contributed by atoms with Gasteiger partial charge in [-0.05, 0) is 46.3 Å². The fraction of sp³-hybridized carbons (Fsp3) is 0. The molecule has 2 rings (SSSR count). The van der Waals surface area contributed by atoms with Gasteiger partial charge in [0.15, 0.2) is 0 Å². The van der Waals surface area contributed by atoms with E-state index in [1.807, 2.05) is 18.2 Å². The Labute approximate surface area is 115 Å². The van der Waals surface area contributed by atoms with Crippen molar-refractivity contribution in [3.05, 3.63) is 51.2 Å². The minimum Gasteiger partial charge on any atom is -0.395 e. The van der Waals surface area contributed by atoms with Crippen LogP contribution in [0.5, 0.6) is 0 Å². The Balaban J connectivity index is 2.35. The van der Waals surface area contributed by atoms with Crippen LogP contribution in [0.1, 0.15) is 0 Å². The van der Waals surface area contributed by atoms with Crippen molar-refractivity contribution in [3.8, 4) is 0 Å². The molecule has 0 aliphatic rings. The zero-order chi connectivity index (χ0) is 12.4. The highest BCUT2D eigenvalue weighted by Crippen LogP contribution is 2.31. The molecule has 0 aliphatic carbocycles. The van der Waals surface area contributed by atoms with Crippen LogP contribution in [0.25, 0.3) is 0 Å². The SMILES string of the molecule is Nc1c(F)cccc1Nc1ccc(Br)cc1Br. The minimum absolute atomic E-state index is 0.113. The van der Waals surface area contributed by atoms with Gasteiger partial charge in [0.2, 0.25) is 0 Å². The Bertz CT molecular complexity index is 558. The smallest absolute Gasteiger partial charge is 0.148 e. The molecule has 0 spiro atoms. The summed E-state index contributed by atoms with van der Waals surface area (Å²) in [6, 6.07) is 10.3. The molecule has 88 valence electrons. The highest BCUT2D eigenvalue weighted by atomic mass is 79.9. The van der Waals surface area contributed by atoms with Gasteiger partial charge in [-0.3, -0.25) is 0 Å². The Morgan fingerprint density at radius 1 is 1.06 bits per heavy atom. The summed E-state index contributed by atoms with van der Waals surface area (Å²) in [5, 5.41) is 3.08. The van der Waals surface area contributed by atoms with Crippen molar-refractivity contribution in [2.24, 2.45) is 0 Å². The van der Waals surface area contributed by atoms with Crippen LogP contribution in [0.3, 0.4) is 0 Å². The molecule has 5 heteroatoms. The van der Waals surface area contributed by atoms with Crippen molar-refractivity contribution < 1.29 is 4.39 Å². The van der Waals surface area contributed by atoms with Gasteiger partial charge in [-0.25, -0.2) is 4.39 Å². The van der Waals surface area contributed by atoms with Gasteiger partial charge < -0.3 is 11.1 Å². The summed E-state index contributed by atoms with van der Waals surface area (Å²) in [6.45, 7) is 0. The molecule has 0 bridgehead atoms. The van der Waals surface area contributed by atoms with E-state index in [2.05, 4.69) is 37.2 Å². The Kier molecular flexibility index (Phi) is 3.69. The maximum absolute atomic E-state index is 13.3.